The third-order valence-corrected chi connectivity index (χ3v) is 7.48. The Hall–Kier alpha value is -0.830. The van der Waals surface area contributed by atoms with Crippen molar-refractivity contribution >= 4 is 63.2 Å². The van der Waals surface area contributed by atoms with E-state index in [1.54, 1.807) is 42.5 Å². The van der Waals surface area contributed by atoms with Crippen LogP contribution in [0, 0.1) is 18.8 Å². The standard InChI is InChI=1S/C20H24Cl3NOS2.C2H6.C2H2/c1-15(2)14-26-12-4-3-11-24(20-13-17(22)7-10-19(20)23)27(25)18-8-5-16(21)6-9-18;2*1-2/h5-10,13,15H,3-4,11-12,14H2,1-2H3;1-2H3;1-2H. The summed E-state index contributed by atoms with van der Waals surface area (Å²) < 4.78 is 15.0. The molecule has 0 bridgehead atoms. The summed E-state index contributed by atoms with van der Waals surface area (Å²) in [6, 6.07) is 12.3. The molecule has 2 aromatic carbocycles. The van der Waals surface area contributed by atoms with Gasteiger partial charge in [-0.2, -0.15) is 11.8 Å². The van der Waals surface area contributed by atoms with E-state index in [9.17, 15) is 4.21 Å². The van der Waals surface area contributed by atoms with Crippen molar-refractivity contribution in [2.24, 2.45) is 5.92 Å². The van der Waals surface area contributed by atoms with Crippen LogP contribution in [0.1, 0.15) is 40.5 Å². The Morgan fingerprint density at radius 1 is 0.968 bits per heavy atom. The summed E-state index contributed by atoms with van der Waals surface area (Å²) in [5.74, 6) is 2.97. The minimum atomic E-state index is -1.39. The van der Waals surface area contributed by atoms with Crippen molar-refractivity contribution in [1.29, 1.82) is 0 Å². The van der Waals surface area contributed by atoms with E-state index in [2.05, 4.69) is 26.7 Å². The van der Waals surface area contributed by atoms with Crippen molar-refractivity contribution in [3.05, 3.63) is 57.5 Å². The SMILES string of the molecule is C#C.CC.CC(C)CSCCCCN(c1cc(Cl)ccc1Cl)S(=O)c1ccc(Cl)cc1. The van der Waals surface area contributed by atoms with Crippen molar-refractivity contribution in [3.8, 4) is 12.8 Å². The van der Waals surface area contributed by atoms with E-state index < -0.39 is 11.0 Å². The average Bonchev–Trinajstić information content (AvgIpc) is 2.78. The quantitative estimate of drug-likeness (QED) is 0.231. The first kappa shape index (κ1) is 30.2. The van der Waals surface area contributed by atoms with Gasteiger partial charge in [0.2, 0.25) is 0 Å². The zero-order chi connectivity index (χ0) is 23.8. The fourth-order valence-electron chi connectivity index (χ4n) is 2.43. The Balaban J connectivity index is 0.00000212. The van der Waals surface area contributed by atoms with Crippen molar-refractivity contribution in [2.45, 2.75) is 45.4 Å². The molecule has 0 radical (unpaired) electrons. The maximum atomic E-state index is 13.2. The Labute approximate surface area is 210 Å². The van der Waals surface area contributed by atoms with Crippen LogP contribution < -0.4 is 4.31 Å². The number of rotatable bonds is 10. The molecule has 0 aromatic heterocycles. The predicted octanol–water partition coefficient (Wildman–Crippen LogP) is 8.62. The number of halogens is 3. The highest BCUT2D eigenvalue weighted by molar-refractivity contribution is 7.99. The maximum Gasteiger partial charge on any atom is 0.152 e. The fraction of sp³-hybridized carbons (Fsp3) is 0.417. The highest BCUT2D eigenvalue weighted by atomic mass is 35.5. The Morgan fingerprint density at radius 3 is 2.13 bits per heavy atom. The number of nitrogens with zero attached hydrogens (tertiary/aromatic N) is 1. The molecule has 0 saturated carbocycles. The van der Waals surface area contributed by atoms with Gasteiger partial charge in [-0.15, -0.1) is 12.8 Å². The van der Waals surface area contributed by atoms with Crippen LogP contribution in [0.5, 0.6) is 0 Å². The topological polar surface area (TPSA) is 20.3 Å². The molecule has 2 rings (SSSR count). The minimum absolute atomic E-state index is 0.538. The minimum Gasteiger partial charge on any atom is -0.286 e. The number of thioether (sulfide) groups is 1. The first-order valence-electron chi connectivity index (χ1n) is 10.2. The third kappa shape index (κ3) is 11.6. The summed E-state index contributed by atoms with van der Waals surface area (Å²) in [6.07, 6.45) is 9.98. The van der Waals surface area contributed by atoms with Crippen LogP contribution in [-0.4, -0.2) is 22.3 Å². The van der Waals surface area contributed by atoms with Crippen LogP contribution in [-0.2, 0) is 11.0 Å². The second-order valence-electron chi connectivity index (χ2n) is 6.58. The molecule has 31 heavy (non-hydrogen) atoms. The number of terminal acetylenes is 1. The number of benzene rings is 2. The van der Waals surface area contributed by atoms with Gasteiger partial charge >= 0.3 is 0 Å². The molecule has 0 N–H and O–H groups in total. The van der Waals surface area contributed by atoms with Gasteiger partial charge in [0.25, 0.3) is 0 Å². The highest BCUT2D eigenvalue weighted by Crippen LogP contribution is 2.32. The lowest BCUT2D eigenvalue weighted by Gasteiger charge is -2.25. The summed E-state index contributed by atoms with van der Waals surface area (Å²) in [6.45, 7) is 9.09. The van der Waals surface area contributed by atoms with E-state index in [0.717, 1.165) is 18.6 Å². The number of hydrogen-bond acceptors (Lipinski definition) is 2. The summed E-state index contributed by atoms with van der Waals surface area (Å²) in [5, 5.41) is 1.72. The normalized spacial score (nSPS) is 11.0. The fourth-order valence-corrected chi connectivity index (χ4v) is 5.28. The molecule has 2 aromatic rings. The lowest BCUT2D eigenvalue weighted by atomic mass is 10.3. The van der Waals surface area contributed by atoms with E-state index in [-0.39, 0.29) is 0 Å². The van der Waals surface area contributed by atoms with E-state index in [0.29, 0.717) is 38.1 Å². The first-order chi connectivity index (χ1) is 14.9. The van der Waals surface area contributed by atoms with Gasteiger partial charge in [-0.05, 0) is 72.7 Å². The molecule has 172 valence electrons. The molecule has 1 unspecified atom stereocenters. The van der Waals surface area contributed by atoms with E-state index in [1.807, 2.05) is 29.9 Å². The molecular formula is C24H32Cl3NOS2. The Kier molecular flexibility index (Phi) is 17.2. The van der Waals surface area contributed by atoms with Crippen LogP contribution >= 0.6 is 46.6 Å². The zero-order valence-electron chi connectivity index (χ0n) is 18.6. The van der Waals surface area contributed by atoms with Crippen molar-refractivity contribution in [1.82, 2.24) is 0 Å². The molecule has 0 fully saturated rings. The zero-order valence-corrected chi connectivity index (χ0v) is 22.5. The summed E-state index contributed by atoms with van der Waals surface area (Å²) >= 11 is 20.5. The van der Waals surface area contributed by atoms with Crippen molar-refractivity contribution in [2.75, 3.05) is 22.4 Å². The second kappa shape index (κ2) is 17.7. The average molecular weight is 521 g/mol. The lowest BCUT2D eigenvalue weighted by Crippen LogP contribution is -2.27. The number of hydrogen-bond donors (Lipinski definition) is 0. The smallest absolute Gasteiger partial charge is 0.152 e. The van der Waals surface area contributed by atoms with Gasteiger partial charge in [0.1, 0.15) is 0 Å². The van der Waals surface area contributed by atoms with Crippen LogP contribution in [0.2, 0.25) is 15.1 Å². The molecule has 0 aliphatic carbocycles. The van der Waals surface area contributed by atoms with Crippen LogP contribution in [0.4, 0.5) is 5.69 Å². The van der Waals surface area contributed by atoms with Gasteiger partial charge in [0.15, 0.2) is 11.0 Å². The van der Waals surface area contributed by atoms with Gasteiger partial charge in [0, 0.05) is 16.6 Å². The monoisotopic (exact) mass is 519 g/mol. The van der Waals surface area contributed by atoms with E-state index in [1.165, 1.54) is 5.75 Å². The molecule has 2 nitrogen and oxygen atoms in total. The largest absolute Gasteiger partial charge is 0.286 e. The molecule has 0 spiro atoms. The van der Waals surface area contributed by atoms with Crippen molar-refractivity contribution < 1.29 is 4.21 Å². The highest BCUT2D eigenvalue weighted by Gasteiger charge is 2.19. The predicted molar refractivity (Wildman–Crippen MR) is 144 cm³/mol. The molecular weight excluding hydrogens is 489 g/mol. The molecule has 0 amide bonds. The molecule has 7 heteroatoms. The van der Waals surface area contributed by atoms with Crippen LogP contribution in [0.15, 0.2) is 47.4 Å². The van der Waals surface area contributed by atoms with E-state index >= 15 is 0 Å². The molecule has 0 aliphatic heterocycles. The van der Waals surface area contributed by atoms with Crippen LogP contribution in [0.25, 0.3) is 0 Å². The molecule has 1 atom stereocenters. The first-order valence-corrected chi connectivity index (χ1v) is 13.6. The van der Waals surface area contributed by atoms with Gasteiger partial charge < -0.3 is 0 Å². The number of unbranched alkanes of at least 4 members (excludes halogenated alkanes) is 1. The van der Waals surface area contributed by atoms with E-state index in [4.69, 9.17) is 34.8 Å². The van der Waals surface area contributed by atoms with Crippen molar-refractivity contribution in [3.63, 3.8) is 0 Å². The summed E-state index contributed by atoms with van der Waals surface area (Å²) in [5.41, 5.74) is 0.687. The Morgan fingerprint density at radius 2 is 1.55 bits per heavy atom. The van der Waals surface area contributed by atoms with Gasteiger partial charge in [-0.25, -0.2) is 4.21 Å². The summed E-state index contributed by atoms with van der Waals surface area (Å²) in [7, 11) is -1.39. The van der Waals surface area contributed by atoms with Gasteiger partial charge in [-0.3, -0.25) is 4.31 Å². The Bertz CT molecular complexity index is 795. The van der Waals surface area contributed by atoms with Crippen LogP contribution in [0.3, 0.4) is 0 Å². The molecule has 0 heterocycles. The third-order valence-electron chi connectivity index (χ3n) is 3.74. The summed E-state index contributed by atoms with van der Waals surface area (Å²) in [4.78, 5) is 0.685. The van der Waals surface area contributed by atoms with Gasteiger partial charge in [0.05, 0.1) is 15.6 Å². The molecule has 0 saturated heterocycles. The second-order valence-corrected chi connectivity index (χ2v) is 10.4. The van der Waals surface area contributed by atoms with Gasteiger partial charge in [-0.1, -0.05) is 62.5 Å². The molecule has 0 aliphatic rings. The maximum absolute atomic E-state index is 13.2. The lowest BCUT2D eigenvalue weighted by molar-refractivity contribution is 0.676. The number of anilines is 1.